The number of benzene rings is 1. The van der Waals surface area contributed by atoms with Crippen molar-refractivity contribution in [1.82, 2.24) is 4.98 Å². The topological polar surface area (TPSA) is 109 Å². The van der Waals surface area contributed by atoms with Crippen LogP contribution in [0.2, 0.25) is 0 Å². The van der Waals surface area contributed by atoms with Gasteiger partial charge >= 0.3 is 0 Å². The number of Topliss-reactive ketones (excluding diaryl/α,β-unsaturated/α-hetero) is 1. The highest BCUT2D eigenvalue weighted by molar-refractivity contribution is 7.86. The van der Waals surface area contributed by atoms with Gasteiger partial charge in [0.1, 0.15) is 10.7 Å². The number of rotatable bonds is 5. The van der Waals surface area contributed by atoms with Gasteiger partial charge in [0.2, 0.25) is 0 Å². The van der Waals surface area contributed by atoms with E-state index in [1.165, 1.54) is 37.5 Å². The first-order valence-electron chi connectivity index (χ1n) is 6.20. The van der Waals surface area contributed by atoms with Crippen molar-refractivity contribution in [2.75, 3.05) is 5.43 Å². The zero-order valence-corrected chi connectivity index (χ0v) is 12.4. The third-order valence-corrected chi connectivity index (χ3v) is 3.68. The Balaban J connectivity index is 2.15. The van der Waals surface area contributed by atoms with Gasteiger partial charge in [-0.25, -0.2) is 4.98 Å². The Labute approximate surface area is 127 Å². The molecule has 0 saturated carbocycles. The summed E-state index contributed by atoms with van der Waals surface area (Å²) < 4.78 is 31.5. The molecule has 1 heterocycles. The van der Waals surface area contributed by atoms with Gasteiger partial charge in [0.15, 0.2) is 5.78 Å². The molecule has 8 heteroatoms. The average Bonchev–Trinajstić information content (AvgIpc) is 2.47. The largest absolute Gasteiger partial charge is 0.295 e. The van der Waals surface area contributed by atoms with Gasteiger partial charge in [-0.15, -0.1) is 0 Å². The van der Waals surface area contributed by atoms with Crippen LogP contribution in [0.25, 0.3) is 0 Å². The predicted molar refractivity (Wildman–Crippen MR) is 81.7 cm³/mol. The molecule has 0 spiro atoms. The van der Waals surface area contributed by atoms with E-state index in [1.54, 1.807) is 18.2 Å². The van der Waals surface area contributed by atoms with Crippen molar-refractivity contribution < 1.29 is 17.8 Å². The lowest BCUT2D eigenvalue weighted by Gasteiger charge is -2.02. The lowest BCUT2D eigenvalue weighted by Crippen LogP contribution is -2.03. The normalized spacial score (nSPS) is 11.5. The molecular weight excluding hydrogens is 306 g/mol. The first-order chi connectivity index (χ1) is 10.4. The van der Waals surface area contributed by atoms with Crippen molar-refractivity contribution in [3.05, 3.63) is 53.7 Å². The Morgan fingerprint density at radius 2 is 2.00 bits per heavy atom. The van der Waals surface area contributed by atoms with Crippen LogP contribution in [-0.2, 0) is 10.1 Å². The van der Waals surface area contributed by atoms with Crippen molar-refractivity contribution in [2.45, 2.75) is 11.8 Å². The highest BCUT2D eigenvalue weighted by Gasteiger charge is 2.12. The van der Waals surface area contributed by atoms with Gasteiger partial charge in [0.05, 0.1) is 6.21 Å². The molecule has 0 aliphatic carbocycles. The number of hydrogen-bond acceptors (Lipinski definition) is 6. The second-order valence-corrected chi connectivity index (χ2v) is 5.76. The van der Waals surface area contributed by atoms with Crippen molar-refractivity contribution >= 4 is 27.9 Å². The zero-order valence-electron chi connectivity index (χ0n) is 11.6. The minimum atomic E-state index is -4.32. The van der Waals surface area contributed by atoms with Crippen molar-refractivity contribution in [3.8, 4) is 0 Å². The zero-order chi connectivity index (χ0) is 16.2. The standard InChI is InChI=1S/C14H13N3O4S/c1-10(18)11-6-7-14(15-8-11)17-16-9-12-4-2-3-5-13(12)22(19,20)21/h2-9H,1H3,(H,15,17)(H,19,20,21)/b16-9-. The number of ketones is 1. The Morgan fingerprint density at radius 3 is 2.59 bits per heavy atom. The predicted octanol–water partition coefficient (Wildman–Crippen LogP) is 1.98. The van der Waals surface area contributed by atoms with E-state index in [1.807, 2.05) is 0 Å². The highest BCUT2D eigenvalue weighted by Crippen LogP contribution is 2.13. The lowest BCUT2D eigenvalue weighted by molar-refractivity contribution is 0.101. The van der Waals surface area contributed by atoms with E-state index >= 15 is 0 Å². The van der Waals surface area contributed by atoms with Crippen LogP contribution in [0.5, 0.6) is 0 Å². The molecule has 0 bridgehead atoms. The van der Waals surface area contributed by atoms with Crippen LogP contribution in [0.1, 0.15) is 22.8 Å². The van der Waals surface area contributed by atoms with Crippen molar-refractivity contribution in [2.24, 2.45) is 5.10 Å². The van der Waals surface area contributed by atoms with Crippen molar-refractivity contribution in [1.29, 1.82) is 0 Å². The van der Waals surface area contributed by atoms with Gasteiger partial charge in [0, 0.05) is 17.3 Å². The first-order valence-corrected chi connectivity index (χ1v) is 7.64. The summed E-state index contributed by atoms with van der Waals surface area (Å²) in [6.07, 6.45) is 2.66. The third kappa shape index (κ3) is 3.96. The van der Waals surface area contributed by atoms with Gasteiger partial charge in [0.25, 0.3) is 10.1 Å². The maximum Gasteiger partial charge on any atom is 0.295 e. The molecule has 0 aliphatic rings. The summed E-state index contributed by atoms with van der Waals surface area (Å²) in [7, 11) is -4.32. The fraction of sp³-hybridized carbons (Fsp3) is 0.0714. The monoisotopic (exact) mass is 319 g/mol. The summed E-state index contributed by atoms with van der Waals surface area (Å²) in [6, 6.07) is 9.06. The number of hydrogen-bond donors (Lipinski definition) is 2. The van der Waals surface area contributed by atoms with Crippen LogP contribution < -0.4 is 5.43 Å². The quantitative estimate of drug-likeness (QED) is 0.377. The number of pyridine rings is 1. The number of carbonyl (C=O) groups is 1. The van der Waals surface area contributed by atoms with E-state index in [0.717, 1.165) is 0 Å². The number of nitrogens with zero attached hydrogens (tertiary/aromatic N) is 2. The number of hydrazone groups is 1. The second kappa shape index (κ2) is 6.46. The van der Waals surface area contributed by atoms with Gasteiger partial charge in [-0.05, 0) is 25.1 Å². The van der Waals surface area contributed by atoms with E-state index < -0.39 is 10.1 Å². The van der Waals surface area contributed by atoms with Gasteiger partial charge in [-0.1, -0.05) is 18.2 Å². The lowest BCUT2D eigenvalue weighted by atomic mass is 10.2. The first kappa shape index (κ1) is 15.8. The van der Waals surface area contributed by atoms with Crippen LogP contribution in [0.4, 0.5) is 5.82 Å². The Bertz CT molecular complexity index is 814. The van der Waals surface area contributed by atoms with E-state index in [9.17, 15) is 13.2 Å². The molecule has 1 aromatic heterocycles. The number of anilines is 1. The maximum atomic E-state index is 11.2. The summed E-state index contributed by atoms with van der Waals surface area (Å²) in [5.41, 5.74) is 3.32. The summed E-state index contributed by atoms with van der Waals surface area (Å²) in [5.74, 6) is 0.301. The molecule has 114 valence electrons. The molecular formula is C14H13N3O4S. The Kier molecular flexibility index (Phi) is 4.64. The second-order valence-electron chi connectivity index (χ2n) is 4.37. The van der Waals surface area contributed by atoms with Gasteiger partial charge in [-0.3, -0.25) is 14.8 Å². The fourth-order valence-electron chi connectivity index (χ4n) is 1.66. The highest BCUT2D eigenvalue weighted by atomic mass is 32.2. The summed E-state index contributed by atoms with van der Waals surface area (Å²) in [4.78, 5) is 14.9. The van der Waals surface area contributed by atoms with Crippen LogP contribution in [0.15, 0.2) is 52.6 Å². The molecule has 0 saturated heterocycles. The number of aromatic nitrogens is 1. The molecule has 2 aromatic rings. The van der Waals surface area contributed by atoms with Crippen LogP contribution in [-0.4, -0.2) is 30.0 Å². The summed E-state index contributed by atoms with van der Waals surface area (Å²) in [5, 5.41) is 3.86. The van der Waals surface area contributed by atoms with Crippen LogP contribution in [0, 0.1) is 0 Å². The SMILES string of the molecule is CC(=O)c1ccc(N/N=C\c2ccccc2S(=O)(=O)O)nc1. The Morgan fingerprint density at radius 1 is 1.27 bits per heavy atom. The number of carbonyl (C=O) groups excluding carboxylic acids is 1. The summed E-state index contributed by atoms with van der Waals surface area (Å²) in [6.45, 7) is 1.44. The molecule has 2 N–H and O–H groups in total. The maximum absolute atomic E-state index is 11.2. The molecule has 1 aromatic carbocycles. The van der Waals surface area contributed by atoms with E-state index in [0.29, 0.717) is 11.4 Å². The molecule has 0 radical (unpaired) electrons. The minimum absolute atomic E-state index is 0.0929. The molecule has 7 nitrogen and oxygen atoms in total. The Hall–Kier alpha value is -2.58. The van der Waals surface area contributed by atoms with E-state index in [-0.39, 0.29) is 16.2 Å². The number of nitrogens with one attached hydrogen (secondary N) is 1. The fourth-order valence-corrected chi connectivity index (χ4v) is 2.33. The minimum Gasteiger partial charge on any atom is -0.294 e. The molecule has 0 aliphatic heterocycles. The smallest absolute Gasteiger partial charge is 0.294 e. The van der Waals surface area contributed by atoms with Crippen LogP contribution in [0.3, 0.4) is 0 Å². The molecule has 0 unspecified atom stereocenters. The van der Waals surface area contributed by atoms with E-state index in [4.69, 9.17) is 4.55 Å². The average molecular weight is 319 g/mol. The third-order valence-electron chi connectivity index (χ3n) is 2.75. The van der Waals surface area contributed by atoms with E-state index in [2.05, 4.69) is 15.5 Å². The molecule has 22 heavy (non-hydrogen) atoms. The molecule has 0 fully saturated rings. The molecule has 0 atom stereocenters. The van der Waals surface area contributed by atoms with Gasteiger partial charge < -0.3 is 0 Å². The van der Waals surface area contributed by atoms with Crippen LogP contribution >= 0.6 is 0 Å². The van der Waals surface area contributed by atoms with Gasteiger partial charge in [-0.2, -0.15) is 13.5 Å². The molecule has 2 rings (SSSR count). The molecule has 0 amide bonds. The van der Waals surface area contributed by atoms with Crippen molar-refractivity contribution in [3.63, 3.8) is 0 Å². The summed E-state index contributed by atoms with van der Waals surface area (Å²) >= 11 is 0.